The van der Waals surface area contributed by atoms with Gasteiger partial charge in [0, 0.05) is 16.7 Å². The number of nitrogens with zero attached hydrogens (tertiary/aromatic N) is 1. The van der Waals surface area contributed by atoms with Crippen LogP contribution in [-0.2, 0) is 6.42 Å². The van der Waals surface area contributed by atoms with Gasteiger partial charge >= 0.3 is 0 Å². The maximum absolute atomic E-state index is 12.3. The molecule has 0 bridgehead atoms. The zero-order valence-electron chi connectivity index (χ0n) is 12.3. The van der Waals surface area contributed by atoms with Gasteiger partial charge in [-0.05, 0) is 36.2 Å². The summed E-state index contributed by atoms with van der Waals surface area (Å²) in [7, 11) is 1.52. The van der Waals surface area contributed by atoms with Crippen LogP contribution in [-0.4, -0.2) is 13.0 Å². The molecule has 0 unspecified atom stereocenters. The van der Waals surface area contributed by atoms with Gasteiger partial charge in [0.05, 0.1) is 25.3 Å². The number of hydrogen-bond donors (Lipinski definition) is 1. The monoisotopic (exact) mass is 314 g/mol. The van der Waals surface area contributed by atoms with Crippen molar-refractivity contribution >= 4 is 23.2 Å². The molecule has 2 rings (SSSR count). The molecule has 112 valence electrons. The van der Waals surface area contributed by atoms with Crippen LogP contribution in [0.1, 0.15) is 21.5 Å². The average molecular weight is 315 g/mol. The average Bonchev–Trinajstić information content (AvgIpc) is 2.51. The van der Waals surface area contributed by atoms with Crippen LogP contribution in [0.15, 0.2) is 36.4 Å². The van der Waals surface area contributed by atoms with Crippen molar-refractivity contribution in [1.29, 1.82) is 5.26 Å². The molecule has 0 aromatic heterocycles. The minimum Gasteiger partial charge on any atom is -0.495 e. The summed E-state index contributed by atoms with van der Waals surface area (Å²) in [6, 6.07) is 12.4. The standard InChI is InChI=1S/C17H15ClN2O2/c1-11-9-15(16(22-2)10-14(11)18)20-17(21)13-5-3-12(4-6-13)7-8-19/h3-6,9-10H,7H2,1-2H3,(H,20,21). The van der Waals surface area contributed by atoms with E-state index in [1.165, 1.54) is 7.11 Å². The minimum atomic E-state index is -0.247. The van der Waals surface area contributed by atoms with E-state index >= 15 is 0 Å². The third kappa shape index (κ3) is 3.57. The quantitative estimate of drug-likeness (QED) is 0.928. The molecule has 2 aromatic carbocycles. The van der Waals surface area contributed by atoms with Gasteiger partial charge in [0.25, 0.3) is 5.91 Å². The maximum Gasteiger partial charge on any atom is 0.255 e. The fourth-order valence-corrected chi connectivity index (χ4v) is 2.14. The molecule has 2 aromatic rings. The summed E-state index contributed by atoms with van der Waals surface area (Å²) in [5.41, 5.74) is 2.80. The third-order valence-corrected chi connectivity index (χ3v) is 3.64. The van der Waals surface area contributed by atoms with E-state index in [2.05, 4.69) is 11.4 Å². The molecule has 4 nitrogen and oxygen atoms in total. The fourth-order valence-electron chi connectivity index (χ4n) is 1.99. The van der Waals surface area contributed by atoms with Crippen LogP contribution in [0.5, 0.6) is 5.75 Å². The van der Waals surface area contributed by atoms with Gasteiger partial charge in [0.2, 0.25) is 0 Å². The first-order chi connectivity index (χ1) is 10.5. The predicted molar refractivity (Wildman–Crippen MR) is 86.5 cm³/mol. The molecule has 0 saturated carbocycles. The van der Waals surface area contributed by atoms with Crippen molar-refractivity contribution in [2.45, 2.75) is 13.3 Å². The van der Waals surface area contributed by atoms with Crippen molar-refractivity contribution in [3.63, 3.8) is 0 Å². The van der Waals surface area contributed by atoms with E-state index in [-0.39, 0.29) is 5.91 Å². The van der Waals surface area contributed by atoms with Crippen molar-refractivity contribution in [3.05, 3.63) is 58.1 Å². The molecular weight excluding hydrogens is 300 g/mol. The lowest BCUT2D eigenvalue weighted by atomic mass is 10.1. The van der Waals surface area contributed by atoms with E-state index < -0.39 is 0 Å². The van der Waals surface area contributed by atoms with Crippen molar-refractivity contribution < 1.29 is 9.53 Å². The molecule has 22 heavy (non-hydrogen) atoms. The van der Waals surface area contributed by atoms with Crippen LogP contribution >= 0.6 is 11.6 Å². The largest absolute Gasteiger partial charge is 0.495 e. The minimum absolute atomic E-state index is 0.247. The number of anilines is 1. The number of benzene rings is 2. The molecular formula is C17H15ClN2O2. The Morgan fingerprint density at radius 3 is 2.59 bits per heavy atom. The molecule has 0 fully saturated rings. The second-order valence-electron chi connectivity index (χ2n) is 4.79. The zero-order chi connectivity index (χ0) is 16.1. The summed E-state index contributed by atoms with van der Waals surface area (Å²) in [6.07, 6.45) is 0.325. The summed E-state index contributed by atoms with van der Waals surface area (Å²) in [4.78, 5) is 12.3. The number of ether oxygens (including phenoxy) is 1. The lowest BCUT2D eigenvalue weighted by Crippen LogP contribution is -2.13. The van der Waals surface area contributed by atoms with Crippen LogP contribution in [0.3, 0.4) is 0 Å². The van der Waals surface area contributed by atoms with E-state index in [4.69, 9.17) is 21.6 Å². The molecule has 0 aliphatic rings. The van der Waals surface area contributed by atoms with Gasteiger partial charge in [-0.2, -0.15) is 5.26 Å². The SMILES string of the molecule is COc1cc(Cl)c(C)cc1NC(=O)c1ccc(CC#N)cc1. The number of amides is 1. The number of carbonyl (C=O) groups is 1. The van der Waals surface area contributed by atoms with Crippen LogP contribution in [0.2, 0.25) is 5.02 Å². The summed E-state index contributed by atoms with van der Waals surface area (Å²) in [5.74, 6) is 0.258. The van der Waals surface area contributed by atoms with E-state index in [0.29, 0.717) is 28.4 Å². The van der Waals surface area contributed by atoms with E-state index in [1.807, 2.05) is 6.92 Å². The molecule has 5 heteroatoms. The topological polar surface area (TPSA) is 62.1 Å². The Hall–Kier alpha value is -2.51. The Bertz CT molecular complexity index is 734. The summed E-state index contributed by atoms with van der Waals surface area (Å²) in [6.45, 7) is 1.86. The first-order valence-electron chi connectivity index (χ1n) is 6.66. The van der Waals surface area contributed by atoms with E-state index in [0.717, 1.165) is 11.1 Å². The first-order valence-corrected chi connectivity index (χ1v) is 7.04. The van der Waals surface area contributed by atoms with Gasteiger partial charge in [-0.25, -0.2) is 0 Å². The highest BCUT2D eigenvalue weighted by atomic mass is 35.5. The Morgan fingerprint density at radius 2 is 2.00 bits per heavy atom. The van der Waals surface area contributed by atoms with Crippen LogP contribution in [0, 0.1) is 18.3 Å². The molecule has 0 aliphatic heterocycles. The molecule has 1 amide bonds. The van der Waals surface area contributed by atoms with Crippen molar-refractivity contribution in [2.24, 2.45) is 0 Å². The third-order valence-electron chi connectivity index (χ3n) is 3.23. The highest BCUT2D eigenvalue weighted by Crippen LogP contribution is 2.31. The summed E-state index contributed by atoms with van der Waals surface area (Å²) < 4.78 is 5.23. The number of nitriles is 1. The first kappa shape index (κ1) is 15.9. The molecule has 0 heterocycles. The maximum atomic E-state index is 12.3. The van der Waals surface area contributed by atoms with E-state index in [9.17, 15) is 4.79 Å². The van der Waals surface area contributed by atoms with Gasteiger partial charge in [0.15, 0.2) is 0 Å². The fraction of sp³-hybridized carbons (Fsp3) is 0.176. The molecule has 0 atom stereocenters. The Labute approximate surface area is 134 Å². The van der Waals surface area contributed by atoms with Gasteiger partial charge in [-0.1, -0.05) is 23.7 Å². The lowest BCUT2D eigenvalue weighted by Gasteiger charge is -2.12. The Morgan fingerprint density at radius 1 is 1.32 bits per heavy atom. The number of nitrogens with one attached hydrogen (secondary N) is 1. The van der Waals surface area contributed by atoms with Crippen LogP contribution < -0.4 is 10.1 Å². The molecule has 0 spiro atoms. The molecule has 0 aliphatic carbocycles. The normalized spacial score (nSPS) is 9.91. The number of aryl methyl sites for hydroxylation is 1. The summed E-state index contributed by atoms with van der Waals surface area (Å²) in [5, 5.41) is 12.0. The van der Waals surface area contributed by atoms with Crippen LogP contribution in [0.4, 0.5) is 5.69 Å². The van der Waals surface area contributed by atoms with Gasteiger partial charge in [-0.3, -0.25) is 4.79 Å². The second kappa shape index (κ2) is 6.97. The second-order valence-corrected chi connectivity index (χ2v) is 5.19. The van der Waals surface area contributed by atoms with Gasteiger partial charge in [0.1, 0.15) is 5.75 Å². The van der Waals surface area contributed by atoms with Crippen molar-refractivity contribution in [3.8, 4) is 11.8 Å². The lowest BCUT2D eigenvalue weighted by molar-refractivity contribution is 0.102. The van der Waals surface area contributed by atoms with Crippen molar-refractivity contribution in [1.82, 2.24) is 0 Å². The Balaban J connectivity index is 2.21. The highest BCUT2D eigenvalue weighted by molar-refractivity contribution is 6.31. The zero-order valence-corrected chi connectivity index (χ0v) is 13.1. The smallest absolute Gasteiger partial charge is 0.255 e. The predicted octanol–water partition coefficient (Wildman–Crippen LogP) is 3.98. The van der Waals surface area contributed by atoms with Crippen LogP contribution in [0.25, 0.3) is 0 Å². The highest BCUT2D eigenvalue weighted by Gasteiger charge is 2.12. The number of carbonyl (C=O) groups excluding carboxylic acids is 1. The molecule has 1 N–H and O–H groups in total. The number of hydrogen-bond acceptors (Lipinski definition) is 3. The molecule has 0 radical (unpaired) electrons. The molecule has 0 saturated heterocycles. The summed E-state index contributed by atoms with van der Waals surface area (Å²) >= 11 is 6.05. The van der Waals surface area contributed by atoms with E-state index in [1.54, 1.807) is 36.4 Å². The Kier molecular flexibility index (Phi) is 5.03. The number of rotatable bonds is 4. The van der Waals surface area contributed by atoms with Crippen molar-refractivity contribution in [2.75, 3.05) is 12.4 Å². The van der Waals surface area contributed by atoms with Gasteiger partial charge in [-0.15, -0.1) is 0 Å². The number of methoxy groups -OCH3 is 1. The number of halogens is 1. The van der Waals surface area contributed by atoms with Gasteiger partial charge < -0.3 is 10.1 Å².